The summed E-state index contributed by atoms with van der Waals surface area (Å²) in [6.07, 6.45) is 7.30. The first-order valence-corrected chi connectivity index (χ1v) is 9.12. The normalized spacial score (nSPS) is 11.1. The molecule has 0 aliphatic carbocycles. The van der Waals surface area contributed by atoms with Crippen molar-refractivity contribution in [2.45, 2.75) is 26.2 Å². The average Bonchev–Trinajstić information content (AvgIpc) is 3.37. The smallest absolute Gasteiger partial charge is 0.238 e. The Balaban J connectivity index is 1.44. The Morgan fingerprint density at radius 1 is 1.19 bits per heavy atom. The van der Waals surface area contributed by atoms with Crippen LogP contribution in [-0.4, -0.2) is 34.0 Å². The molecule has 0 saturated heterocycles. The van der Waals surface area contributed by atoms with E-state index in [-0.39, 0.29) is 5.91 Å². The SMILES string of the molecule is CCN(CC=Cc1ccccc1)C(=O)CCCc1nc(-c2ccco2)no1. The largest absolute Gasteiger partial charge is 0.461 e. The van der Waals surface area contributed by atoms with Crippen LogP contribution in [-0.2, 0) is 11.2 Å². The van der Waals surface area contributed by atoms with Crippen LogP contribution in [0.1, 0.15) is 31.2 Å². The van der Waals surface area contributed by atoms with Crippen molar-refractivity contribution in [2.75, 3.05) is 13.1 Å². The van der Waals surface area contributed by atoms with Gasteiger partial charge >= 0.3 is 0 Å². The van der Waals surface area contributed by atoms with Gasteiger partial charge in [0, 0.05) is 25.9 Å². The van der Waals surface area contributed by atoms with Crippen molar-refractivity contribution in [3.05, 3.63) is 66.3 Å². The fourth-order valence-corrected chi connectivity index (χ4v) is 2.70. The Hall–Kier alpha value is -3.15. The summed E-state index contributed by atoms with van der Waals surface area (Å²) in [5, 5.41) is 3.89. The molecule has 0 saturated carbocycles. The van der Waals surface area contributed by atoms with Crippen molar-refractivity contribution in [3.63, 3.8) is 0 Å². The summed E-state index contributed by atoms with van der Waals surface area (Å²) in [6, 6.07) is 13.6. The van der Waals surface area contributed by atoms with E-state index >= 15 is 0 Å². The van der Waals surface area contributed by atoms with E-state index in [4.69, 9.17) is 8.94 Å². The zero-order valence-corrected chi connectivity index (χ0v) is 15.4. The Morgan fingerprint density at radius 3 is 2.78 bits per heavy atom. The molecule has 27 heavy (non-hydrogen) atoms. The van der Waals surface area contributed by atoms with Crippen LogP contribution in [0.5, 0.6) is 0 Å². The molecule has 6 nitrogen and oxygen atoms in total. The first-order chi connectivity index (χ1) is 13.3. The zero-order chi connectivity index (χ0) is 18.9. The summed E-state index contributed by atoms with van der Waals surface area (Å²) < 4.78 is 10.5. The maximum absolute atomic E-state index is 12.4. The number of hydrogen-bond donors (Lipinski definition) is 0. The lowest BCUT2D eigenvalue weighted by molar-refractivity contribution is -0.130. The molecule has 0 N–H and O–H groups in total. The van der Waals surface area contributed by atoms with Gasteiger partial charge in [-0.15, -0.1) is 0 Å². The summed E-state index contributed by atoms with van der Waals surface area (Å²) in [6.45, 7) is 3.27. The van der Waals surface area contributed by atoms with Gasteiger partial charge in [0.15, 0.2) is 5.76 Å². The molecule has 1 amide bonds. The lowest BCUT2D eigenvalue weighted by atomic mass is 10.2. The number of carbonyl (C=O) groups excluding carboxylic acids is 1. The van der Waals surface area contributed by atoms with Crippen LogP contribution in [0, 0.1) is 0 Å². The number of aromatic nitrogens is 2. The van der Waals surface area contributed by atoms with Crippen molar-refractivity contribution < 1.29 is 13.7 Å². The summed E-state index contributed by atoms with van der Waals surface area (Å²) in [5.41, 5.74) is 1.13. The minimum Gasteiger partial charge on any atom is -0.461 e. The second-order valence-corrected chi connectivity index (χ2v) is 6.09. The second kappa shape index (κ2) is 9.52. The second-order valence-electron chi connectivity index (χ2n) is 6.09. The number of benzene rings is 1. The maximum atomic E-state index is 12.4. The number of rotatable bonds is 9. The van der Waals surface area contributed by atoms with Gasteiger partial charge in [0.25, 0.3) is 0 Å². The number of amides is 1. The Bertz CT molecular complexity index is 854. The number of furan rings is 1. The lowest BCUT2D eigenvalue weighted by Gasteiger charge is -2.18. The summed E-state index contributed by atoms with van der Waals surface area (Å²) in [4.78, 5) is 18.5. The minimum atomic E-state index is 0.126. The van der Waals surface area contributed by atoms with E-state index in [2.05, 4.69) is 10.1 Å². The highest BCUT2D eigenvalue weighted by Gasteiger charge is 2.13. The van der Waals surface area contributed by atoms with Crippen LogP contribution in [0.4, 0.5) is 0 Å². The molecular weight excluding hydrogens is 342 g/mol. The zero-order valence-electron chi connectivity index (χ0n) is 15.4. The van der Waals surface area contributed by atoms with Crippen LogP contribution in [0.3, 0.4) is 0 Å². The third-order valence-corrected chi connectivity index (χ3v) is 4.16. The third kappa shape index (κ3) is 5.41. The Labute approximate surface area is 158 Å². The standard InChI is InChI=1S/C21H23N3O3/c1-2-24(15-7-11-17-9-4-3-5-10-17)20(25)14-6-13-19-22-21(23-27-19)18-12-8-16-26-18/h3-5,7-12,16H,2,6,13-15H2,1H3. The van der Waals surface area contributed by atoms with E-state index in [9.17, 15) is 4.79 Å². The van der Waals surface area contributed by atoms with Gasteiger partial charge in [-0.05, 0) is 31.0 Å². The average molecular weight is 365 g/mol. The first-order valence-electron chi connectivity index (χ1n) is 9.12. The summed E-state index contributed by atoms with van der Waals surface area (Å²) in [5.74, 6) is 1.65. The van der Waals surface area contributed by atoms with Gasteiger partial charge < -0.3 is 13.8 Å². The van der Waals surface area contributed by atoms with Crippen molar-refractivity contribution in [1.82, 2.24) is 15.0 Å². The van der Waals surface area contributed by atoms with Crippen LogP contribution in [0.2, 0.25) is 0 Å². The number of nitrogens with zero attached hydrogens (tertiary/aromatic N) is 3. The van der Waals surface area contributed by atoms with Crippen molar-refractivity contribution in [2.24, 2.45) is 0 Å². The van der Waals surface area contributed by atoms with Gasteiger partial charge in [0.2, 0.25) is 17.6 Å². The highest BCUT2D eigenvalue weighted by atomic mass is 16.5. The number of likely N-dealkylation sites (N-methyl/N-ethyl adjacent to an activating group) is 1. The molecule has 2 aromatic heterocycles. The molecular formula is C21H23N3O3. The number of aryl methyl sites for hydroxylation is 1. The van der Waals surface area contributed by atoms with Gasteiger partial charge in [-0.25, -0.2) is 0 Å². The topological polar surface area (TPSA) is 72.4 Å². The van der Waals surface area contributed by atoms with E-state index in [0.29, 0.717) is 49.8 Å². The molecule has 0 spiro atoms. The van der Waals surface area contributed by atoms with E-state index in [1.165, 1.54) is 0 Å². The molecule has 1 aromatic carbocycles. The highest BCUT2D eigenvalue weighted by Crippen LogP contribution is 2.16. The monoisotopic (exact) mass is 365 g/mol. The van der Waals surface area contributed by atoms with E-state index in [0.717, 1.165) is 5.56 Å². The molecule has 0 bridgehead atoms. The molecule has 0 aliphatic rings. The summed E-state index contributed by atoms with van der Waals surface area (Å²) in [7, 11) is 0. The molecule has 0 unspecified atom stereocenters. The lowest BCUT2D eigenvalue weighted by Crippen LogP contribution is -2.30. The molecule has 0 fully saturated rings. The van der Waals surface area contributed by atoms with Gasteiger partial charge in [0.05, 0.1) is 6.26 Å². The molecule has 3 aromatic rings. The Morgan fingerprint density at radius 2 is 2.04 bits per heavy atom. The molecule has 0 radical (unpaired) electrons. The van der Waals surface area contributed by atoms with Crippen molar-refractivity contribution >= 4 is 12.0 Å². The van der Waals surface area contributed by atoms with Crippen LogP contribution in [0.25, 0.3) is 17.7 Å². The van der Waals surface area contributed by atoms with Gasteiger partial charge in [-0.2, -0.15) is 4.98 Å². The predicted molar refractivity (Wildman–Crippen MR) is 103 cm³/mol. The van der Waals surface area contributed by atoms with Crippen molar-refractivity contribution in [1.29, 1.82) is 0 Å². The van der Waals surface area contributed by atoms with Gasteiger partial charge in [-0.1, -0.05) is 47.6 Å². The van der Waals surface area contributed by atoms with Crippen LogP contribution in [0.15, 0.2) is 63.7 Å². The van der Waals surface area contributed by atoms with Crippen LogP contribution >= 0.6 is 0 Å². The summed E-state index contributed by atoms with van der Waals surface area (Å²) >= 11 is 0. The van der Waals surface area contributed by atoms with E-state index < -0.39 is 0 Å². The van der Waals surface area contributed by atoms with Gasteiger partial charge in [0.1, 0.15) is 0 Å². The molecule has 0 atom stereocenters. The highest BCUT2D eigenvalue weighted by molar-refractivity contribution is 5.76. The molecule has 3 rings (SSSR count). The molecule has 2 heterocycles. The molecule has 6 heteroatoms. The fourth-order valence-electron chi connectivity index (χ4n) is 2.70. The Kier molecular flexibility index (Phi) is 6.57. The predicted octanol–water partition coefficient (Wildman–Crippen LogP) is 4.21. The quantitative estimate of drug-likeness (QED) is 0.568. The van der Waals surface area contributed by atoms with Crippen LogP contribution < -0.4 is 0 Å². The number of hydrogen-bond acceptors (Lipinski definition) is 5. The minimum absolute atomic E-state index is 0.126. The van der Waals surface area contributed by atoms with Crippen molar-refractivity contribution in [3.8, 4) is 11.6 Å². The molecule has 140 valence electrons. The first kappa shape index (κ1) is 18.6. The maximum Gasteiger partial charge on any atom is 0.238 e. The van der Waals surface area contributed by atoms with Gasteiger partial charge in [-0.3, -0.25) is 4.79 Å². The number of carbonyl (C=O) groups is 1. The van der Waals surface area contributed by atoms with E-state index in [1.54, 1.807) is 18.4 Å². The fraction of sp³-hybridized carbons (Fsp3) is 0.286. The van der Waals surface area contributed by atoms with E-state index in [1.807, 2.05) is 54.3 Å². The third-order valence-electron chi connectivity index (χ3n) is 4.16. The molecule has 0 aliphatic heterocycles.